The van der Waals surface area contributed by atoms with Crippen LogP contribution in [0.1, 0.15) is 10.4 Å². The summed E-state index contributed by atoms with van der Waals surface area (Å²) in [6, 6.07) is 4.82. The summed E-state index contributed by atoms with van der Waals surface area (Å²) in [5.74, 6) is -5.26. The molecule has 58 heavy (non-hydrogen) atoms. The van der Waals surface area contributed by atoms with Gasteiger partial charge in [0, 0.05) is 28.1 Å². The van der Waals surface area contributed by atoms with Gasteiger partial charge in [-0.05, 0) is 36.4 Å². The van der Waals surface area contributed by atoms with Crippen molar-refractivity contribution in [3.63, 3.8) is 0 Å². The van der Waals surface area contributed by atoms with Crippen LogP contribution in [0.3, 0.4) is 0 Å². The second kappa shape index (κ2) is 19.3. The number of carboxylic acids is 1. The minimum atomic E-state index is -5.65. The SMILES string of the molecule is O=C([O-])c1cc(O)[nH]c(=O)c1N=Nc1ccc(-n2nc3cc(S(=O)(=O)[O-])c4cc(Nc5nc(F)nc(F)c5Cl)cc(S(=O)(=O)[O-])c4c3n2)cc1S(=O)(=O)[O-].[Na+].[Na+].[Na+].[Na+]. The molecule has 0 spiro atoms. The Hall–Kier alpha value is -2.10. The van der Waals surface area contributed by atoms with E-state index in [1.165, 1.54) is 0 Å². The molecule has 3 aromatic carbocycles. The smallest absolute Gasteiger partial charge is 0.744 e. The molecule has 22 nitrogen and oxygen atoms in total. The summed E-state index contributed by atoms with van der Waals surface area (Å²) in [7, 11) is -16.7. The number of halogens is 3. The first-order valence-corrected chi connectivity index (χ1v) is 18.3. The van der Waals surface area contributed by atoms with Crippen LogP contribution in [-0.4, -0.2) is 79.9 Å². The molecular formula is C26H10ClF2N9Na4O13S3. The number of nitrogens with zero attached hydrogens (tertiary/aromatic N) is 7. The van der Waals surface area contributed by atoms with Gasteiger partial charge in [-0.1, -0.05) is 11.6 Å². The van der Waals surface area contributed by atoms with Crippen LogP contribution in [0.2, 0.25) is 5.02 Å². The number of azo groups is 1. The van der Waals surface area contributed by atoms with E-state index in [4.69, 9.17) is 11.6 Å². The van der Waals surface area contributed by atoms with Crippen molar-refractivity contribution in [2.24, 2.45) is 10.2 Å². The van der Waals surface area contributed by atoms with Gasteiger partial charge >= 0.3 is 124 Å². The van der Waals surface area contributed by atoms with Crippen LogP contribution in [0.25, 0.3) is 27.5 Å². The van der Waals surface area contributed by atoms with Crippen molar-refractivity contribution in [1.82, 2.24) is 29.9 Å². The molecular weight excluding hydrogens is 908 g/mol. The van der Waals surface area contributed by atoms with Crippen molar-refractivity contribution in [2.45, 2.75) is 14.7 Å². The van der Waals surface area contributed by atoms with Crippen molar-refractivity contribution >= 4 is 92.6 Å². The number of rotatable bonds is 9. The van der Waals surface area contributed by atoms with Crippen molar-refractivity contribution in [2.75, 3.05) is 5.32 Å². The van der Waals surface area contributed by atoms with Gasteiger partial charge in [0.05, 0.1) is 26.3 Å². The first kappa shape index (κ1) is 52.0. The molecule has 0 amide bonds. The normalized spacial score (nSPS) is 11.7. The number of hydrogen-bond donors (Lipinski definition) is 3. The van der Waals surface area contributed by atoms with E-state index in [0.717, 1.165) is 18.2 Å². The standard InChI is InChI=1S/C26H14ClF2N9O13S3.4Na/c27-19-22(28)32-26(29)33-23(19)30-8-3-10-14(52(43,44)45)7-13-21(18(10)16(4-8)54(49,50)51)37-38(36-13)9-1-2-12(15(5-9)53(46,47)48)34-35-20-11(25(41)42)6-17(39)31-24(20)40;;;;/h1-7H,(H,41,42)(H,30,32,33)(H2,31,39,40)(H,43,44,45)(H,46,47,48)(H,49,50,51);;;;/q;4*+1/p-4. The maximum atomic E-state index is 13.9. The van der Waals surface area contributed by atoms with E-state index in [0.29, 0.717) is 29.1 Å². The summed E-state index contributed by atoms with van der Waals surface area (Å²) in [5, 5.41) is 35.4. The Morgan fingerprint density at radius 3 is 2.05 bits per heavy atom. The van der Waals surface area contributed by atoms with Gasteiger partial charge in [0.2, 0.25) is 5.95 Å². The first-order chi connectivity index (χ1) is 25.0. The maximum Gasteiger partial charge on any atom is 1.00 e. The van der Waals surface area contributed by atoms with Gasteiger partial charge in [0.1, 0.15) is 52.1 Å². The third-order valence-electron chi connectivity index (χ3n) is 7.01. The molecule has 3 heterocycles. The van der Waals surface area contributed by atoms with Gasteiger partial charge in [-0.2, -0.15) is 23.5 Å². The van der Waals surface area contributed by atoms with Gasteiger partial charge in [-0.15, -0.1) is 20.4 Å². The number of aromatic carboxylic acids is 1. The zero-order valence-corrected chi connectivity index (χ0v) is 40.6. The summed E-state index contributed by atoms with van der Waals surface area (Å²) in [4.78, 5) is 28.3. The van der Waals surface area contributed by atoms with Crippen LogP contribution in [0.4, 0.5) is 31.7 Å². The van der Waals surface area contributed by atoms with Crippen molar-refractivity contribution in [3.05, 3.63) is 75.4 Å². The van der Waals surface area contributed by atoms with E-state index >= 15 is 0 Å². The number of aromatic nitrogens is 6. The summed E-state index contributed by atoms with van der Waals surface area (Å²) >= 11 is 5.74. The Morgan fingerprint density at radius 1 is 0.845 bits per heavy atom. The summed E-state index contributed by atoms with van der Waals surface area (Å²) in [5.41, 5.74) is -6.21. The Bertz CT molecular complexity index is 3090. The molecule has 0 saturated carbocycles. The number of fused-ring (bicyclic) bond motifs is 3. The van der Waals surface area contributed by atoms with Crippen LogP contribution >= 0.6 is 11.6 Å². The number of carbonyl (C=O) groups excluding carboxylic acids is 1. The number of aromatic amines is 1. The number of H-pyrrole nitrogens is 1. The van der Waals surface area contributed by atoms with E-state index in [1.807, 2.05) is 4.98 Å². The molecule has 0 bridgehead atoms. The van der Waals surface area contributed by atoms with Gasteiger partial charge in [0.25, 0.3) is 5.56 Å². The molecule has 32 heteroatoms. The molecule has 0 aliphatic heterocycles. The minimum absolute atomic E-state index is 0. The van der Waals surface area contributed by atoms with Crippen LogP contribution in [0.5, 0.6) is 5.88 Å². The maximum absolute atomic E-state index is 13.9. The number of aromatic hydroxyl groups is 1. The van der Waals surface area contributed by atoms with Crippen LogP contribution < -0.4 is 134 Å². The van der Waals surface area contributed by atoms with Crippen molar-refractivity contribution in [1.29, 1.82) is 0 Å². The molecule has 0 aliphatic rings. The van der Waals surface area contributed by atoms with E-state index in [1.54, 1.807) is 0 Å². The number of carbonyl (C=O) groups is 1. The van der Waals surface area contributed by atoms with Crippen molar-refractivity contribution in [3.8, 4) is 11.6 Å². The fraction of sp³-hybridized carbons (Fsp3) is 0. The number of anilines is 2. The average molecular weight is 918 g/mol. The quantitative estimate of drug-likeness (QED) is 0.0398. The third kappa shape index (κ3) is 10.9. The van der Waals surface area contributed by atoms with Crippen molar-refractivity contribution < 1.29 is 181 Å². The second-order valence-electron chi connectivity index (χ2n) is 10.4. The minimum Gasteiger partial charge on any atom is -0.744 e. The molecule has 280 valence electrons. The molecule has 0 radical (unpaired) electrons. The molecule has 0 aliphatic carbocycles. The zero-order chi connectivity index (χ0) is 39.7. The van der Waals surface area contributed by atoms with E-state index in [2.05, 4.69) is 35.7 Å². The average Bonchev–Trinajstić information content (AvgIpc) is 3.48. The second-order valence-corrected chi connectivity index (χ2v) is 14.9. The van der Waals surface area contributed by atoms with Gasteiger partial charge in [-0.25, -0.2) is 25.3 Å². The predicted octanol–water partition coefficient (Wildman–Crippen LogP) is -11.1. The number of benzene rings is 3. The molecule has 6 aromatic rings. The number of carboxylic acid groups (broad SMARTS) is 1. The van der Waals surface area contributed by atoms with Crippen LogP contribution in [-0.2, 0) is 30.4 Å². The zero-order valence-electron chi connectivity index (χ0n) is 29.4. The topological polar surface area (TPSA) is 358 Å². The Kier molecular flexibility index (Phi) is 17.3. The summed E-state index contributed by atoms with van der Waals surface area (Å²) in [6.07, 6.45) is -1.64. The first-order valence-electron chi connectivity index (χ1n) is 13.7. The molecule has 3 N–H and O–H groups in total. The van der Waals surface area contributed by atoms with Gasteiger partial charge < -0.3 is 34.0 Å². The largest absolute Gasteiger partial charge is 1.00 e. The van der Waals surface area contributed by atoms with E-state index in [9.17, 15) is 67.5 Å². The molecule has 0 unspecified atom stereocenters. The summed E-state index contributed by atoms with van der Waals surface area (Å²) in [6.45, 7) is 0. The number of hydrogen-bond acceptors (Lipinski definition) is 20. The van der Waals surface area contributed by atoms with E-state index in [-0.39, 0.29) is 118 Å². The molecule has 3 aromatic heterocycles. The fourth-order valence-corrected chi connectivity index (χ4v) is 7.04. The molecule has 0 atom stereocenters. The Balaban J connectivity index is 0.00000290. The monoisotopic (exact) mass is 917 g/mol. The number of pyridine rings is 1. The fourth-order valence-electron chi connectivity index (χ4n) is 4.86. The van der Waals surface area contributed by atoms with Crippen LogP contribution in [0.15, 0.2) is 72.2 Å². The molecule has 6 rings (SSSR count). The third-order valence-corrected chi connectivity index (χ3v) is 9.95. The number of nitrogens with one attached hydrogen (secondary N) is 2. The molecule has 0 saturated heterocycles. The summed E-state index contributed by atoms with van der Waals surface area (Å²) < 4.78 is 139. The van der Waals surface area contributed by atoms with Crippen LogP contribution in [0, 0.1) is 12.0 Å². The predicted molar refractivity (Wildman–Crippen MR) is 168 cm³/mol. The van der Waals surface area contributed by atoms with Gasteiger partial charge in [-0.3, -0.25) is 9.78 Å². The Morgan fingerprint density at radius 2 is 1.47 bits per heavy atom. The Labute approximate surface area is 415 Å². The van der Waals surface area contributed by atoms with E-state index < -0.39 is 135 Å². The molecule has 0 fully saturated rings. The van der Waals surface area contributed by atoms with Gasteiger partial charge in [0.15, 0.2) is 17.4 Å².